The first-order valence-corrected chi connectivity index (χ1v) is 10.8. The minimum atomic E-state index is -0.251. The van der Waals surface area contributed by atoms with Crippen LogP contribution in [0, 0.1) is 13.8 Å². The summed E-state index contributed by atoms with van der Waals surface area (Å²) in [4.78, 5) is 32.5. The summed E-state index contributed by atoms with van der Waals surface area (Å²) in [6.45, 7) is 3.68. The molecule has 0 spiro atoms. The molecule has 0 aliphatic heterocycles. The highest BCUT2D eigenvalue weighted by Crippen LogP contribution is 2.14. The molecule has 0 unspecified atom stereocenters. The van der Waals surface area contributed by atoms with E-state index < -0.39 is 0 Å². The zero-order valence-electron chi connectivity index (χ0n) is 17.7. The van der Waals surface area contributed by atoms with Crippen molar-refractivity contribution in [1.29, 1.82) is 0 Å². The van der Waals surface area contributed by atoms with Gasteiger partial charge in [-0.15, -0.1) is 0 Å². The topological polar surface area (TPSA) is 106 Å². The number of nitrogens with zero attached hydrogens (tertiary/aromatic N) is 3. The Hall–Kier alpha value is -3.72. The Bertz CT molecular complexity index is 1070. The molecule has 0 atom stereocenters. The molecule has 0 radical (unpaired) electrons. The Morgan fingerprint density at radius 1 is 1.00 bits per heavy atom. The van der Waals surface area contributed by atoms with Crippen molar-refractivity contribution >= 4 is 35.5 Å². The van der Waals surface area contributed by atoms with Crippen LogP contribution in [0.2, 0.25) is 0 Å². The summed E-state index contributed by atoms with van der Waals surface area (Å²) in [5, 5.41) is 7.27. The number of anilines is 1. The standard InChI is InChI=1S/C23H23N5O3S/c1-16-12-17(2)26-23(25-16)32-15-22(30)28-24-13-18-8-10-20(11-9-18)31-14-21(29)27-19-6-4-3-5-7-19/h3-13H,14-15H2,1-2H3,(H,27,29)(H,28,30)/b24-13-. The van der Waals surface area contributed by atoms with Crippen LogP contribution in [-0.2, 0) is 9.59 Å². The van der Waals surface area contributed by atoms with E-state index in [1.807, 2.05) is 38.1 Å². The maximum absolute atomic E-state index is 12.0. The zero-order valence-corrected chi connectivity index (χ0v) is 18.6. The highest BCUT2D eigenvalue weighted by atomic mass is 32.2. The first-order valence-electron chi connectivity index (χ1n) is 9.83. The lowest BCUT2D eigenvalue weighted by Crippen LogP contribution is -2.20. The summed E-state index contributed by atoms with van der Waals surface area (Å²) in [6, 6.07) is 18.1. The molecule has 164 valence electrons. The Morgan fingerprint density at radius 2 is 1.69 bits per heavy atom. The molecule has 0 bridgehead atoms. The number of para-hydroxylation sites is 1. The predicted molar refractivity (Wildman–Crippen MR) is 125 cm³/mol. The number of aromatic nitrogens is 2. The maximum atomic E-state index is 12.0. The number of benzene rings is 2. The van der Waals surface area contributed by atoms with E-state index in [0.717, 1.165) is 22.6 Å². The van der Waals surface area contributed by atoms with Crippen molar-refractivity contribution in [2.24, 2.45) is 5.10 Å². The highest BCUT2D eigenvalue weighted by Gasteiger charge is 2.06. The van der Waals surface area contributed by atoms with Crippen LogP contribution in [0.3, 0.4) is 0 Å². The molecule has 32 heavy (non-hydrogen) atoms. The third kappa shape index (κ3) is 7.84. The summed E-state index contributed by atoms with van der Waals surface area (Å²) in [5.41, 5.74) is 5.70. The molecule has 2 N–H and O–H groups in total. The van der Waals surface area contributed by atoms with Crippen molar-refractivity contribution in [2.45, 2.75) is 19.0 Å². The second-order valence-electron chi connectivity index (χ2n) is 6.79. The molecule has 0 fully saturated rings. The molecular weight excluding hydrogens is 426 g/mol. The average molecular weight is 450 g/mol. The fourth-order valence-corrected chi connectivity index (χ4v) is 3.36. The van der Waals surface area contributed by atoms with Gasteiger partial charge in [0.2, 0.25) is 0 Å². The van der Waals surface area contributed by atoms with Crippen molar-refractivity contribution in [3.63, 3.8) is 0 Å². The molecule has 0 aliphatic rings. The highest BCUT2D eigenvalue weighted by molar-refractivity contribution is 7.99. The maximum Gasteiger partial charge on any atom is 0.262 e. The lowest BCUT2D eigenvalue weighted by Gasteiger charge is -2.07. The van der Waals surface area contributed by atoms with Gasteiger partial charge in [-0.3, -0.25) is 9.59 Å². The predicted octanol–water partition coefficient (Wildman–Crippen LogP) is 3.35. The number of amides is 2. The number of rotatable bonds is 9. The summed E-state index contributed by atoms with van der Waals surface area (Å²) in [7, 11) is 0. The number of carbonyl (C=O) groups excluding carboxylic acids is 2. The number of carbonyl (C=O) groups is 2. The quantitative estimate of drug-likeness (QED) is 0.225. The van der Waals surface area contributed by atoms with Crippen molar-refractivity contribution in [3.8, 4) is 5.75 Å². The minimum Gasteiger partial charge on any atom is -0.484 e. The van der Waals surface area contributed by atoms with Crippen LogP contribution in [0.15, 0.2) is 70.9 Å². The Labute approximate surface area is 190 Å². The van der Waals surface area contributed by atoms with Crippen LogP contribution in [-0.4, -0.2) is 40.4 Å². The second-order valence-corrected chi connectivity index (χ2v) is 7.73. The molecule has 3 aromatic rings. The van der Waals surface area contributed by atoms with E-state index in [-0.39, 0.29) is 24.2 Å². The van der Waals surface area contributed by atoms with Gasteiger partial charge in [0.15, 0.2) is 11.8 Å². The summed E-state index contributed by atoms with van der Waals surface area (Å²) in [6.07, 6.45) is 1.53. The van der Waals surface area contributed by atoms with E-state index in [1.54, 1.807) is 36.4 Å². The molecule has 9 heteroatoms. The molecule has 8 nitrogen and oxygen atoms in total. The van der Waals surface area contributed by atoms with Gasteiger partial charge in [-0.1, -0.05) is 30.0 Å². The van der Waals surface area contributed by atoms with Crippen molar-refractivity contribution < 1.29 is 14.3 Å². The van der Waals surface area contributed by atoms with Gasteiger partial charge >= 0.3 is 0 Å². The molecule has 1 heterocycles. The summed E-state index contributed by atoms with van der Waals surface area (Å²) in [5.74, 6) is 0.226. The Balaban J connectivity index is 1.39. The number of hydrogen-bond donors (Lipinski definition) is 2. The van der Waals surface area contributed by atoms with E-state index in [2.05, 4.69) is 25.8 Å². The van der Waals surface area contributed by atoms with Gasteiger partial charge in [0.05, 0.1) is 12.0 Å². The van der Waals surface area contributed by atoms with Gasteiger partial charge in [-0.05, 0) is 61.9 Å². The van der Waals surface area contributed by atoms with E-state index in [0.29, 0.717) is 10.9 Å². The molecule has 0 saturated carbocycles. The fraction of sp³-hybridized carbons (Fsp3) is 0.174. The molecule has 3 rings (SSSR count). The van der Waals surface area contributed by atoms with E-state index >= 15 is 0 Å². The van der Waals surface area contributed by atoms with E-state index in [1.165, 1.54) is 18.0 Å². The average Bonchev–Trinajstić information content (AvgIpc) is 2.77. The van der Waals surface area contributed by atoms with Crippen LogP contribution in [0.4, 0.5) is 5.69 Å². The van der Waals surface area contributed by atoms with Gasteiger partial charge in [-0.25, -0.2) is 15.4 Å². The first-order chi connectivity index (χ1) is 15.5. The van der Waals surface area contributed by atoms with Gasteiger partial charge in [0.25, 0.3) is 11.8 Å². The van der Waals surface area contributed by atoms with Crippen molar-refractivity contribution in [3.05, 3.63) is 77.6 Å². The number of nitrogens with one attached hydrogen (secondary N) is 2. The molecule has 2 amide bonds. The molecular formula is C23H23N5O3S. The van der Waals surface area contributed by atoms with Crippen LogP contribution in [0.25, 0.3) is 0 Å². The number of thioether (sulfide) groups is 1. The number of hydrazone groups is 1. The van der Waals surface area contributed by atoms with Crippen LogP contribution >= 0.6 is 11.8 Å². The third-order valence-electron chi connectivity index (χ3n) is 4.00. The van der Waals surface area contributed by atoms with Gasteiger partial charge < -0.3 is 10.1 Å². The normalized spacial score (nSPS) is 10.7. The first kappa shape index (κ1) is 23.0. The smallest absolute Gasteiger partial charge is 0.262 e. The molecule has 0 saturated heterocycles. The Kier molecular flexibility index (Phi) is 8.33. The molecule has 0 aliphatic carbocycles. The van der Waals surface area contributed by atoms with Crippen LogP contribution in [0.5, 0.6) is 5.75 Å². The van der Waals surface area contributed by atoms with Crippen molar-refractivity contribution in [1.82, 2.24) is 15.4 Å². The molecule has 1 aromatic heterocycles. The number of ether oxygens (including phenoxy) is 1. The lowest BCUT2D eigenvalue weighted by atomic mass is 10.2. The molecule has 2 aromatic carbocycles. The number of aryl methyl sites for hydroxylation is 2. The zero-order chi connectivity index (χ0) is 22.8. The fourth-order valence-electron chi connectivity index (χ4n) is 2.62. The minimum absolute atomic E-state index is 0.0970. The second kappa shape index (κ2) is 11.6. The van der Waals surface area contributed by atoms with Crippen LogP contribution in [0.1, 0.15) is 17.0 Å². The number of hydrogen-bond acceptors (Lipinski definition) is 7. The van der Waals surface area contributed by atoms with Gasteiger partial charge in [0.1, 0.15) is 5.75 Å². The van der Waals surface area contributed by atoms with Gasteiger partial charge in [-0.2, -0.15) is 5.10 Å². The summed E-state index contributed by atoms with van der Waals surface area (Å²) >= 11 is 1.26. The monoisotopic (exact) mass is 449 g/mol. The van der Waals surface area contributed by atoms with Gasteiger partial charge in [0, 0.05) is 17.1 Å². The Morgan fingerprint density at radius 3 is 2.38 bits per heavy atom. The third-order valence-corrected chi connectivity index (χ3v) is 4.85. The van der Waals surface area contributed by atoms with Crippen molar-refractivity contribution in [2.75, 3.05) is 17.7 Å². The largest absolute Gasteiger partial charge is 0.484 e. The van der Waals surface area contributed by atoms with E-state index in [9.17, 15) is 9.59 Å². The lowest BCUT2D eigenvalue weighted by molar-refractivity contribution is -0.119. The SMILES string of the molecule is Cc1cc(C)nc(SCC(=O)N/N=C\c2ccc(OCC(=O)Nc3ccccc3)cc2)n1. The van der Waals surface area contributed by atoms with Crippen LogP contribution < -0.4 is 15.5 Å². The van der Waals surface area contributed by atoms with E-state index in [4.69, 9.17) is 4.74 Å². The summed E-state index contributed by atoms with van der Waals surface area (Å²) < 4.78 is 5.49.